The Bertz CT molecular complexity index is 652. The Morgan fingerprint density at radius 1 is 1.26 bits per heavy atom. The SMILES string of the molecule is COc1cc(CNCCO)cc(Cl)c1OCc1ccccc1F. The number of hydrogen-bond acceptors (Lipinski definition) is 4. The lowest BCUT2D eigenvalue weighted by Gasteiger charge is -2.15. The molecule has 2 rings (SSSR count). The minimum Gasteiger partial charge on any atom is -0.493 e. The zero-order valence-corrected chi connectivity index (χ0v) is 13.6. The topological polar surface area (TPSA) is 50.7 Å². The van der Waals surface area contributed by atoms with E-state index in [0.717, 1.165) is 5.56 Å². The smallest absolute Gasteiger partial charge is 0.180 e. The summed E-state index contributed by atoms with van der Waals surface area (Å²) in [5, 5.41) is 12.2. The van der Waals surface area contributed by atoms with Crippen LogP contribution in [0, 0.1) is 5.82 Å². The molecule has 6 heteroatoms. The molecule has 23 heavy (non-hydrogen) atoms. The van der Waals surface area contributed by atoms with E-state index in [2.05, 4.69) is 5.32 Å². The van der Waals surface area contributed by atoms with Gasteiger partial charge < -0.3 is 19.9 Å². The Kier molecular flexibility index (Phi) is 6.65. The molecule has 0 aliphatic rings. The lowest BCUT2D eigenvalue weighted by atomic mass is 10.2. The van der Waals surface area contributed by atoms with Crippen molar-refractivity contribution < 1.29 is 19.0 Å². The van der Waals surface area contributed by atoms with E-state index in [1.807, 2.05) is 0 Å². The fourth-order valence-electron chi connectivity index (χ4n) is 2.09. The first kappa shape index (κ1) is 17.5. The first-order valence-corrected chi connectivity index (χ1v) is 7.57. The highest BCUT2D eigenvalue weighted by atomic mass is 35.5. The maximum absolute atomic E-state index is 13.6. The molecule has 0 aromatic heterocycles. The Morgan fingerprint density at radius 3 is 2.74 bits per heavy atom. The molecular formula is C17H19ClFNO3. The molecular weight excluding hydrogens is 321 g/mol. The standard InChI is InChI=1S/C17H19ClFNO3/c1-22-16-9-12(10-20-6-7-21)8-14(18)17(16)23-11-13-4-2-3-5-15(13)19/h2-5,8-9,20-21H,6-7,10-11H2,1H3. The fourth-order valence-corrected chi connectivity index (χ4v) is 2.38. The number of hydrogen-bond donors (Lipinski definition) is 2. The molecule has 0 aliphatic carbocycles. The number of methoxy groups -OCH3 is 1. The van der Waals surface area contributed by atoms with E-state index in [0.29, 0.717) is 35.2 Å². The second kappa shape index (κ2) is 8.72. The summed E-state index contributed by atoms with van der Waals surface area (Å²) in [4.78, 5) is 0. The average molecular weight is 340 g/mol. The van der Waals surface area contributed by atoms with E-state index in [-0.39, 0.29) is 19.0 Å². The van der Waals surface area contributed by atoms with Gasteiger partial charge in [0.15, 0.2) is 11.5 Å². The minimum absolute atomic E-state index is 0.0604. The summed E-state index contributed by atoms with van der Waals surface area (Å²) in [6, 6.07) is 9.96. The normalized spacial score (nSPS) is 10.6. The first-order valence-electron chi connectivity index (χ1n) is 7.20. The van der Waals surface area contributed by atoms with Crippen LogP contribution in [-0.4, -0.2) is 25.4 Å². The predicted octanol–water partition coefficient (Wildman–Crippen LogP) is 3.15. The summed E-state index contributed by atoms with van der Waals surface area (Å²) < 4.78 is 24.6. The van der Waals surface area contributed by atoms with Crippen molar-refractivity contribution in [1.29, 1.82) is 0 Å². The van der Waals surface area contributed by atoms with Gasteiger partial charge in [-0.1, -0.05) is 29.8 Å². The van der Waals surface area contributed by atoms with Crippen molar-refractivity contribution in [3.8, 4) is 11.5 Å². The van der Waals surface area contributed by atoms with Crippen LogP contribution in [0.5, 0.6) is 11.5 Å². The summed E-state index contributed by atoms with van der Waals surface area (Å²) in [5.74, 6) is 0.533. The molecule has 0 saturated heterocycles. The van der Waals surface area contributed by atoms with E-state index < -0.39 is 0 Å². The summed E-state index contributed by atoms with van der Waals surface area (Å²) in [5.41, 5.74) is 1.35. The zero-order valence-electron chi connectivity index (χ0n) is 12.8. The second-order valence-corrected chi connectivity index (χ2v) is 5.30. The van der Waals surface area contributed by atoms with Crippen LogP contribution in [0.25, 0.3) is 0 Å². The number of aliphatic hydroxyl groups is 1. The number of aliphatic hydroxyl groups excluding tert-OH is 1. The summed E-state index contributed by atoms with van der Waals surface area (Å²) >= 11 is 6.26. The van der Waals surface area contributed by atoms with Gasteiger partial charge in [0.05, 0.1) is 18.7 Å². The van der Waals surface area contributed by atoms with Gasteiger partial charge >= 0.3 is 0 Å². The first-order chi connectivity index (χ1) is 11.2. The van der Waals surface area contributed by atoms with Gasteiger partial charge in [-0.15, -0.1) is 0 Å². The van der Waals surface area contributed by atoms with E-state index in [1.54, 1.807) is 30.3 Å². The van der Waals surface area contributed by atoms with Gasteiger partial charge in [0, 0.05) is 18.7 Å². The number of benzene rings is 2. The Morgan fingerprint density at radius 2 is 2.04 bits per heavy atom. The van der Waals surface area contributed by atoms with Crippen LogP contribution >= 0.6 is 11.6 Å². The molecule has 0 fully saturated rings. The summed E-state index contributed by atoms with van der Waals surface area (Å²) in [7, 11) is 1.52. The Labute approximate surface area is 139 Å². The molecule has 2 aromatic rings. The number of nitrogens with one attached hydrogen (secondary N) is 1. The van der Waals surface area contributed by atoms with Crippen molar-refractivity contribution in [2.75, 3.05) is 20.3 Å². The lowest BCUT2D eigenvalue weighted by molar-refractivity contribution is 0.279. The van der Waals surface area contributed by atoms with Crippen LogP contribution < -0.4 is 14.8 Å². The van der Waals surface area contributed by atoms with E-state index >= 15 is 0 Å². The van der Waals surface area contributed by atoms with Crippen molar-refractivity contribution in [3.05, 3.63) is 58.4 Å². The molecule has 0 aliphatic heterocycles. The molecule has 0 heterocycles. The second-order valence-electron chi connectivity index (χ2n) is 4.89. The van der Waals surface area contributed by atoms with Gasteiger partial charge in [-0.2, -0.15) is 0 Å². The van der Waals surface area contributed by atoms with Gasteiger partial charge in [-0.3, -0.25) is 0 Å². The lowest BCUT2D eigenvalue weighted by Crippen LogP contribution is -2.17. The van der Waals surface area contributed by atoms with Crippen LogP contribution in [0.1, 0.15) is 11.1 Å². The van der Waals surface area contributed by atoms with Gasteiger partial charge in [0.2, 0.25) is 0 Å². The van der Waals surface area contributed by atoms with Gasteiger partial charge in [0.1, 0.15) is 12.4 Å². The van der Waals surface area contributed by atoms with Crippen LogP contribution in [-0.2, 0) is 13.2 Å². The third-order valence-electron chi connectivity index (χ3n) is 3.24. The van der Waals surface area contributed by atoms with Crippen molar-refractivity contribution in [2.24, 2.45) is 0 Å². The average Bonchev–Trinajstić information content (AvgIpc) is 2.55. The Balaban J connectivity index is 2.13. The van der Waals surface area contributed by atoms with Crippen molar-refractivity contribution >= 4 is 11.6 Å². The Hall–Kier alpha value is -1.82. The van der Waals surface area contributed by atoms with Crippen LogP contribution in [0.15, 0.2) is 36.4 Å². The molecule has 4 nitrogen and oxygen atoms in total. The minimum atomic E-state index is -0.326. The summed E-state index contributed by atoms with van der Waals surface area (Å²) in [6.07, 6.45) is 0. The molecule has 0 bridgehead atoms. The maximum Gasteiger partial charge on any atom is 0.180 e. The number of halogens is 2. The molecule has 124 valence electrons. The molecule has 2 aromatic carbocycles. The monoisotopic (exact) mass is 339 g/mol. The van der Waals surface area contributed by atoms with E-state index in [1.165, 1.54) is 13.2 Å². The highest BCUT2D eigenvalue weighted by molar-refractivity contribution is 6.32. The van der Waals surface area contributed by atoms with Crippen molar-refractivity contribution in [2.45, 2.75) is 13.2 Å². The third-order valence-corrected chi connectivity index (χ3v) is 3.52. The van der Waals surface area contributed by atoms with Crippen LogP contribution in [0.4, 0.5) is 4.39 Å². The zero-order chi connectivity index (χ0) is 16.7. The number of rotatable bonds is 8. The third kappa shape index (κ3) is 4.82. The largest absolute Gasteiger partial charge is 0.493 e. The molecule has 0 spiro atoms. The molecule has 0 amide bonds. The maximum atomic E-state index is 13.6. The molecule has 0 radical (unpaired) electrons. The highest BCUT2D eigenvalue weighted by Crippen LogP contribution is 2.37. The molecule has 0 atom stereocenters. The van der Waals surface area contributed by atoms with E-state index in [4.69, 9.17) is 26.2 Å². The fraction of sp³-hybridized carbons (Fsp3) is 0.294. The van der Waals surface area contributed by atoms with Gasteiger partial charge in [-0.25, -0.2) is 4.39 Å². The van der Waals surface area contributed by atoms with Crippen molar-refractivity contribution in [1.82, 2.24) is 5.32 Å². The number of ether oxygens (including phenoxy) is 2. The molecule has 2 N–H and O–H groups in total. The quantitative estimate of drug-likeness (QED) is 0.725. The molecule has 0 unspecified atom stereocenters. The van der Waals surface area contributed by atoms with Gasteiger partial charge in [0.25, 0.3) is 0 Å². The van der Waals surface area contributed by atoms with Crippen molar-refractivity contribution in [3.63, 3.8) is 0 Å². The van der Waals surface area contributed by atoms with Crippen LogP contribution in [0.2, 0.25) is 5.02 Å². The predicted molar refractivity (Wildman–Crippen MR) is 87.5 cm³/mol. The van der Waals surface area contributed by atoms with Crippen LogP contribution in [0.3, 0.4) is 0 Å². The highest BCUT2D eigenvalue weighted by Gasteiger charge is 2.13. The van der Waals surface area contributed by atoms with E-state index in [9.17, 15) is 4.39 Å². The van der Waals surface area contributed by atoms with Gasteiger partial charge in [-0.05, 0) is 23.8 Å². The summed E-state index contributed by atoms with van der Waals surface area (Å²) in [6.45, 7) is 1.16. The molecule has 0 saturated carbocycles.